The van der Waals surface area contributed by atoms with Crippen molar-refractivity contribution in [3.05, 3.63) is 0 Å². The molecular weight excluding hydrogens is 182 g/mol. The second-order valence-electron chi connectivity index (χ2n) is 3.41. The Labute approximate surface area is 86.1 Å². The predicted molar refractivity (Wildman–Crippen MR) is 54.0 cm³/mol. The lowest BCUT2D eigenvalue weighted by atomic mass is 10.4. The number of rotatable bonds is 7. The summed E-state index contributed by atoms with van der Waals surface area (Å²) < 4.78 is 15.8. The lowest BCUT2D eigenvalue weighted by Gasteiger charge is -2.25. The lowest BCUT2D eigenvalue weighted by molar-refractivity contribution is -0.120. The molecule has 4 nitrogen and oxygen atoms in total. The van der Waals surface area contributed by atoms with E-state index in [1.165, 1.54) is 12.8 Å². The molecule has 1 atom stereocenters. The topological polar surface area (TPSA) is 30.9 Å². The van der Waals surface area contributed by atoms with Crippen LogP contribution in [0.2, 0.25) is 0 Å². The zero-order valence-electron chi connectivity index (χ0n) is 9.20. The average Bonchev–Trinajstić information content (AvgIpc) is 2.71. The summed E-state index contributed by atoms with van der Waals surface area (Å²) >= 11 is 0. The van der Waals surface area contributed by atoms with Crippen molar-refractivity contribution in [2.75, 3.05) is 40.2 Å². The van der Waals surface area contributed by atoms with Crippen LogP contribution < -0.4 is 0 Å². The molecule has 0 aliphatic carbocycles. The lowest BCUT2D eigenvalue weighted by Crippen LogP contribution is -2.38. The monoisotopic (exact) mass is 203 g/mol. The third kappa shape index (κ3) is 3.92. The van der Waals surface area contributed by atoms with Crippen LogP contribution in [0.25, 0.3) is 0 Å². The van der Waals surface area contributed by atoms with E-state index in [2.05, 4.69) is 4.90 Å². The molecule has 0 spiro atoms. The van der Waals surface area contributed by atoms with Crippen molar-refractivity contribution in [1.29, 1.82) is 0 Å². The van der Waals surface area contributed by atoms with Gasteiger partial charge in [-0.2, -0.15) is 0 Å². The van der Waals surface area contributed by atoms with Gasteiger partial charge in [-0.1, -0.05) is 0 Å². The van der Waals surface area contributed by atoms with Crippen LogP contribution >= 0.6 is 0 Å². The highest BCUT2D eigenvalue weighted by Gasteiger charge is 2.21. The molecule has 1 unspecified atom stereocenters. The average molecular weight is 203 g/mol. The first-order chi connectivity index (χ1) is 6.88. The summed E-state index contributed by atoms with van der Waals surface area (Å²) in [4.78, 5) is 2.31. The van der Waals surface area contributed by atoms with Gasteiger partial charge in [-0.25, -0.2) is 0 Å². The van der Waals surface area contributed by atoms with E-state index < -0.39 is 0 Å². The van der Waals surface area contributed by atoms with Crippen molar-refractivity contribution in [2.24, 2.45) is 0 Å². The maximum Gasteiger partial charge on any atom is 0.146 e. The molecule has 84 valence electrons. The Balaban J connectivity index is 2.11. The summed E-state index contributed by atoms with van der Waals surface area (Å²) in [6, 6.07) is 0. The fourth-order valence-corrected chi connectivity index (χ4v) is 1.64. The Morgan fingerprint density at radius 3 is 2.50 bits per heavy atom. The molecule has 1 rings (SSSR count). The summed E-state index contributed by atoms with van der Waals surface area (Å²) in [5.74, 6) is 0. The van der Waals surface area contributed by atoms with E-state index >= 15 is 0 Å². The second-order valence-corrected chi connectivity index (χ2v) is 3.41. The summed E-state index contributed by atoms with van der Waals surface area (Å²) in [5.41, 5.74) is 0. The van der Waals surface area contributed by atoms with E-state index in [0.717, 1.165) is 13.1 Å². The Morgan fingerprint density at radius 2 is 1.93 bits per heavy atom. The number of methoxy groups -OCH3 is 1. The zero-order valence-corrected chi connectivity index (χ0v) is 9.20. The summed E-state index contributed by atoms with van der Waals surface area (Å²) in [6.45, 7) is 5.85. The highest BCUT2D eigenvalue weighted by Crippen LogP contribution is 2.12. The van der Waals surface area contributed by atoms with Crippen LogP contribution in [-0.2, 0) is 14.2 Å². The molecular formula is C10H21NO3. The first-order valence-corrected chi connectivity index (χ1v) is 5.30. The largest absolute Gasteiger partial charge is 0.364 e. The molecule has 0 aromatic rings. The van der Waals surface area contributed by atoms with Crippen LogP contribution in [0.3, 0.4) is 0 Å². The van der Waals surface area contributed by atoms with Crippen LogP contribution in [0.5, 0.6) is 0 Å². The Hall–Kier alpha value is -0.160. The normalized spacial score (nSPS) is 20.1. The van der Waals surface area contributed by atoms with Crippen LogP contribution in [0, 0.1) is 0 Å². The fraction of sp³-hybridized carbons (Fsp3) is 1.00. The van der Waals surface area contributed by atoms with Gasteiger partial charge in [-0.3, -0.25) is 4.90 Å². The zero-order chi connectivity index (χ0) is 10.2. The molecule has 0 aromatic carbocycles. The predicted octanol–water partition coefficient (Wildman–Crippen LogP) is 1.07. The van der Waals surface area contributed by atoms with Crippen molar-refractivity contribution in [3.63, 3.8) is 0 Å². The Morgan fingerprint density at radius 1 is 1.21 bits per heavy atom. The molecule has 14 heavy (non-hydrogen) atoms. The van der Waals surface area contributed by atoms with Gasteiger partial charge < -0.3 is 14.2 Å². The van der Waals surface area contributed by atoms with Crippen LogP contribution in [0.1, 0.15) is 19.8 Å². The quantitative estimate of drug-likeness (QED) is 0.457. The first kappa shape index (κ1) is 11.9. The highest BCUT2D eigenvalue weighted by atomic mass is 16.7. The minimum absolute atomic E-state index is 0.0953. The SMILES string of the molecule is CCOCOCC(OC)N1CCCC1. The van der Waals surface area contributed by atoms with Crippen molar-refractivity contribution < 1.29 is 14.2 Å². The molecule has 0 amide bonds. The minimum atomic E-state index is 0.0953. The number of hydrogen-bond donors (Lipinski definition) is 0. The van der Waals surface area contributed by atoms with Crippen LogP contribution in [0.4, 0.5) is 0 Å². The number of nitrogens with zero attached hydrogens (tertiary/aromatic N) is 1. The maximum atomic E-state index is 5.36. The standard InChI is InChI=1S/C10H21NO3/c1-3-13-9-14-8-10(12-2)11-6-4-5-7-11/h10H,3-9H2,1-2H3. The van der Waals surface area contributed by atoms with Gasteiger partial charge in [0.25, 0.3) is 0 Å². The molecule has 0 radical (unpaired) electrons. The molecule has 1 heterocycles. The summed E-state index contributed by atoms with van der Waals surface area (Å²) in [6.07, 6.45) is 2.63. The number of ether oxygens (including phenoxy) is 3. The Kier molecular flexibility index (Phi) is 6.10. The summed E-state index contributed by atoms with van der Waals surface area (Å²) in [5, 5.41) is 0. The smallest absolute Gasteiger partial charge is 0.146 e. The molecule has 0 saturated carbocycles. The molecule has 1 aliphatic rings. The van der Waals surface area contributed by atoms with E-state index in [0.29, 0.717) is 20.0 Å². The van der Waals surface area contributed by atoms with Gasteiger partial charge in [0.2, 0.25) is 0 Å². The van der Waals surface area contributed by atoms with E-state index in [1.54, 1.807) is 7.11 Å². The van der Waals surface area contributed by atoms with Crippen molar-refractivity contribution in [2.45, 2.75) is 26.0 Å². The molecule has 0 bridgehead atoms. The third-order valence-electron chi connectivity index (χ3n) is 2.45. The molecule has 1 fully saturated rings. The molecule has 0 aromatic heterocycles. The van der Waals surface area contributed by atoms with Crippen molar-refractivity contribution >= 4 is 0 Å². The number of hydrogen-bond acceptors (Lipinski definition) is 4. The highest BCUT2D eigenvalue weighted by molar-refractivity contribution is 4.69. The molecule has 1 aliphatic heterocycles. The van der Waals surface area contributed by atoms with Gasteiger partial charge in [0.1, 0.15) is 13.0 Å². The van der Waals surface area contributed by atoms with E-state index in [4.69, 9.17) is 14.2 Å². The Bertz CT molecular complexity index is 137. The fourth-order valence-electron chi connectivity index (χ4n) is 1.64. The molecule has 0 N–H and O–H groups in total. The van der Waals surface area contributed by atoms with Gasteiger partial charge in [0.05, 0.1) is 6.61 Å². The number of likely N-dealkylation sites (tertiary alicyclic amines) is 1. The van der Waals surface area contributed by atoms with Crippen LogP contribution in [-0.4, -0.2) is 51.3 Å². The third-order valence-corrected chi connectivity index (χ3v) is 2.45. The van der Waals surface area contributed by atoms with E-state index in [-0.39, 0.29) is 6.23 Å². The van der Waals surface area contributed by atoms with E-state index in [9.17, 15) is 0 Å². The summed E-state index contributed by atoms with van der Waals surface area (Å²) in [7, 11) is 1.73. The maximum absolute atomic E-state index is 5.36. The first-order valence-electron chi connectivity index (χ1n) is 5.30. The van der Waals surface area contributed by atoms with Crippen molar-refractivity contribution in [3.8, 4) is 0 Å². The molecule has 1 saturated heterocycles. The molecule has 4 heteroatoms. The van der Waals surface area contributed by atoms with E-state index in [1.807, 2.05) is 6.92 Å². The minimum Gasteiger partial charge on any atom is -0.364 e. The van der Waals surface area contributed by atoms with Gasteiger partial charge in [0.15, 0.2) is 0 Å². The van der Waals surface area contributed by atoms with Gasteiger partial charge in [-0.15, -0.1) is 0 Å². The van der Waals surface area contributed by atoms with Gasteiger partial charge in [-0.05, 0) is 19.8 Å². The van der Waals surface area contributed by atoms with Gasteiger partial charge in [0, 0.05) is 26.8 Å². The van der Waals surface area contributed by atoms with Crippen molar-refractivity contribution in [1.82, 2.24) is 4.90 Å². The van der Waals surface area contributed by atoms with Crippen LogP contribution in [0.15, 0.2) is 0 Å². The van der Waals surface area contributed by atoms with Gasteiger partial charge >= 0.3 is 0 Å². The second kappa shape index (κ2) is 7.17.